The number of carbonyl (C=O) groups excluding carboxylic acids is 1. The van der Waals surface area contributed by atoms with Gasteiger partial charge in [0.1, 0.15) is 0 Å². The van der Waals surface area contributed by atoms with Crippen LogP contribution in [-0.4, -0.2) is 43.8 Å². The molecule has 2 N–H and O–H groups in total. The van der Waals surface area contributed by atoms with Crippen LogP contribution in [0, 0.1) is 10.1 Å². The largest absolute Gasteiger partial charge is 0.493 e. The maximum atomic E-state index is 12.0. The van der Waals surface area contributed by atoms with E-state index >= 15 is 0 Å². The molecule has 1 unspecified atom stereocenters. The molecule has 0 spiro atoms. The average Bonchev–Trinajstić information content (AvgIpc) is 3.35. The fraction of sp³-hybridized carbons (Fsp3) is 0.480. The van der Waals surface area contributed by atoms with Crippen LogP contribution in [0.3, 0.4) is 0 Å². The maximum Gasteiger partial charge on any atom is 0.319 e. The highest BCUT2D eigenvalue weighted by Crippen LogP contribution is 2.34. The lowest BCUT2D eigenvalue weighted by Crippen LogP contribution is -2.35. The number of benzene rings is 2. The molecule has 0 radical (unpaired) electrons. The number of carbonyl (C=O) groups is 1. The van der Waals surface area contributed by atoms with Gasteiger partial charge in [0, 0.05) is 31.3 Å². The first-order valence-corrected chi connectivity index (χ1v) is 11.7. The zero-order valence-corrected chi connectivity index (χ0v) is 19.7. The number of esters is 1. The molecule has 2 aromatic rings. The summed E-state index contributed by atoms with van der Waals surface area (Å²) in [5.41, 5.74) is 1.94. The fourth-order valence-electron chi connectivity index (χ4n) is 4.01. The van der Waals surface area contributed by atoms with Gasteiger partial charge in [-0.15, -0.1) is 0 Å². The van der Waals surface area contributed by atoms with Gasteiger partial charge in [0.05, 0.1) is 31.3 Å². The summed E-state index contributed by atoms with van der Waals surface area (Å²) in [6.07, 6.45) is 4.60. The summed E-state index contributed by atoms with van der Waals surface area (Å²) in [7, 11) is 1.62. The van der Waals surface area contributed by atoms with Crippen molar-refractivity contribution in [1.82, 2.24) is 10.6 Å². The molecule has 34 heavy (non-hydrogen) atoms. The standard InChI is InChI=1S/C25H33N3O6/c1-3-33-25(29)17-27-22(16-26-15-18-8-11-20(12-9-18)28(30)31)19-10-13-23(32-2)24(14-19)34-21-6-4-5-7-21/h8-14,21-22,26-27H,3-7,15-17H2,1-2H3. The minimum absolute atomic E-state index is 0.0609. The maximum absolute atomic E-state index is 12.0. The smallest absolute Gasteiger partial charge is 0.319 e. The SMILES string of the molecule is CCOC(=O)CNC(CNCc1ccc([N+](=O)[O-])cc1)c1ccc(OC)c(OC2CCCC2)c1. The highest BCUT2D eigenvalue weighted by Gasteiger charge is 2.21. The molecule has 0 aromatic heterocycles. The number of nitrogens with one attached hydrogen (secondary N) is 2. The van der Waals surface area contributed by atoms with Crippen molar-refractivity contribution in [1.29, 1.82) is 0 Å². The summed E-state index contributed by atoms with van der Waals surface area (Å²) in [5, 5.41) is 17.5. The van der Waals surface area contributed by atoms with E-state index in [-0.39, 0.29) is 30.3 Å². The molecular weight excluding hydrogens is 438 g/mol. The zero-order valence-electron chi connectivity index (χ0n) is 19.7. The van der Waals surface area contributed by atoms with Crippen molar-refractivity contribution >= 4 is 11.7 Å². The number of ether oxygens (including phenoxy) is 3. The van der Waals surface area contributed by atoms with E-state index in [9.17, 15) is 14.9 Å². The van der Waals surface area contributed by atoms with Crippen molar-refractivity contribution in [3.8, 4) is 11.5 Å². The highest BCUT2D eigenvalue weighted by molar-refractivity contribution is 5.71. The topological polar surface area (TPSA) is 112 Å². The van der Waals surface area contributed by atoms with Gasteiger partial charge in [-0.3, -0.25) is 20.2 Å². The van der Waals surface area contributed by atoms with Crippen LogP contribution in [0.5, 0.6) is 11.5 Å². The molecule has 1 aliphatic carbocycles. The molecular formula is C25H33N3O6. The van der Waals surface area contributed by atoms with Gasteiger partial charge >= 0.3 is 5.97 Å². The predicted octanol–water partition coefficient (Wildman–Crippen LogP) is 3.91. The lowest BCUT2D eigenvalue weighted by atomic mass is 10.1. The summed E-state index contributed by atoms with van der Waals surface area (Å²) in [5.74, 6) is 1.06. The molecule has 9 nitrogen and oxygen atoms in total. The summed E-state index contributed by atoms with van der Waals surface area (Å²) in [4.78, 5) is 22.4. The van der Waals surface area contributed by atoms with Gasteiger partial charge in [-0.2, -0.15) is 0 Å². The van der Waals surface area contributed by atoms with Gasteiger partial charge < -0.3 is 19.5 Å². The summed E-state index contributed by atoms with van der Waals surface area (Å²) in [6.45, 7) is 3.22. The van der Waals surface area contributed by atoms with Crippen LogP contribution in [0.2, 0.25) is 0 Å². The van der Waals surface area contributed by atoms with Crippen molar-refractivity contribution < 1.29 is 23.9 Å². The average molecular weight is 472 g/mol. The lowest BCUT2D eigenvalue weighted by molar-refractivity contribution is -0.384. The summed E-state index contributed by atoms with van der Waals surface area (Å²) < 4.78 is 16.8. The first-order chi connectivity index (χ1) is 16.5. The Morgan fingerprint density at radius 3 is 2.53 bits per heavy atom. The van der Waals surface area contributed by atoms with Crippen molar-refractivity contribution in [2.24, 2.45) is 0 Å². The Morgan fingerprint density at radius 2 is 1.88 bits per heavy atom. The molecule has 1 aliphatic rings. The molecule has 9 heteroatoms. The van der Waals surface area contributed by atoms with E-state index in [1.54, 1.807) is 26.2 Å². The van der Waals surface area contributed by atoms with Crippen LogP contribution in [-0.2, 0) is 16.1 Å². The van der Waals surface area contributed by atoms with Crippen LogP contribution in [0.15, 0.2) is 42.5 Å². The lowest BCUT2D eigenvalue weighted by Gasteiger charge is -2.22. The molecule has 1 fully saturated rings. The molecule has 0 amide bonds. The molecule has 0 bridgehead atoms. The number of rotatable bonds is 13. The molecule has 1 atom stereocenters. The van der Waals surface area contributed by atoms with Gasteiger partial charge in [0.15, 0.2) is 11.5 Å². The predicted molar refractivity (Wildman–Crippen MR) is 128 cm³/mol. The molecule has 0 saturated heterocycles. The highest BCUT2D eigenvalue weighted by atomic mass is 16.6. The normalized spacial score (nSPS) is 14.5. The number of hydrogen-bond donors (Lipinski definition) is 2. The quantitative estimate of drug-likeness (QED) is 0.257. The van der Waals surface area contributed by atoms with Crippen molar-refractivity contribution in [3.63, 3.8) is 0 Å². The third kappa shape index (κ3) is 7.43. The molecule has 0 heterocycles. The number of nitro benzene ring substituents is 1. The number of nitrogens with zero attached hydrogens (tertiary/aromatic N) is 1. The second-order valence-electron chi connectivity index (χ2n) is 8.23. The van der Waals surface area contributed by atoms with E-state index in [0.29, 0.717) is 31.2 Å². The first kappa shape index (κ1) is 25.5. The second kappa shape index (κ2) is 12.9. The zero-order chi connectivity index (χ0) is 24.3. The molecule has 3 rings (SSSR count). The van der Waals surface area contributed by atoms with Gasteiger partial charge in [-0.1, -0.05) is 18.2 Å². The minimum atomic E-state index is -0.415. The van der Waals surface area contributed by atoms with Gasteiger partial charge in [-0.25, -0.2) is 0 Å². The summed E-state index contributed by atoms with van der Waals surface area (Å²) in [6, 6.07) is 12.0. The van der Waals surface area contributed by atoms with Crippen LogP contribution in [0.25, 0.3) is 0 Å². The summed E-state index contributed by atoms with van der Waals surface area (Å²) >= 11 is 0. The second-order valence-corrected chi connectivity index (χ2v) is 8.23. The Labute approximate surface area is 199 Å². The van der Waals surface area contributed by atoms with Crippen LogP contribution >= 0.6 is 0 Å². The Morgan fingerprint density at radius 1 is 1.15 bits per heavy atom. The van der Waals surface area contributed by atoms with Crippen molar-refractivity contribution in [2.75, 3.05) is 26.8 Å². The Balaban J connectivity index is 1.70. The van der Waals surface area contributed by atoms with Crippen molar-refractivity contribution in [2.45, 2.75) is 51.3 Å². The Bertz CT molecular complexity index is 944. The first-order valence-electron chi connectivity index (χ1n) is 11.7. The molecule has 2 aromatic carbocycles. The monoisotopic (exact) mass is 471 g/mol. The van der Waals surface area contributed by atoms with E-state index in [2.05, 4.69) is 10.6 Å². The molecule has 1 saturated carbocycles. The van der Waals surface area contributed by atoms with Crippen molar-refractivity contribution in [3.05, 3.63) is 63.7 Å². The third-order valence-corrected chi connectivity index (χ3v) is 5.81. The van der Waals surface area contributed by atoms with Gasteiger partial charge in [0.2, 0.25) is 0 Å². The van der Waals surface area contributed by atoms with Crippen LogP contribution < -0.4 is 20.1 Å². The molecule has 0 aliphatic heterocycles. The van der Waals surface area contributed by atoms with E-state index < -0.39 is 4.92 Å². The van der Waals surface area contributed by atoms with E-state index in [0.717, 1.165) is 24.0 Å². The van der Waals surface area contributed by atoms with E-state index in [1.165, 1.54) is 25.0 Å². The van der Waals surface area contributed by atoms with E-state index in [1.807, 2.05) is 18.2 Å². The fourth-order valence-corrected chi connectivity index (χ4v) is 4.01. The third-order valence-electron chi connectivity index (χ3n) is 5.81. The Hall–Kier alpha value is -3.17. The number of non-ortho nitro benzene ring substituents is 1. The Kier molecular flexibility index (Phi) is 9.66. The molecule has 184 valence electrons. The number of methoxy groups -OCH3 is 1. The number of nitro groups is 1. The van der Waals surface area contributed by atoms with Gasteiger partial charge in [0.25, 0.3) is 5.69 Å². The minimum Gasteiger partial charge on any atom is -0.493 e. The number of hydrogen-bond acceptors (Lipinski definition) is 8. The van der Waals surface area contributed by atoms with Crippen LogP contribution in [0.1, 0.15) is 49.8 Å². The van der Waals surface area contributed by atoms with Crippen LogP contribution in [0.4, 0.5) is 5.69 Å². The van der Waals surface area contributed by atoms with E-state index in [4.69, 9.17) is 14.2 Å². The van der Waals surface area contributed by atoms with Gasteiger partial charge in [-0.05, 0) is 55.9 Å².